The standard InChI is InChI=1S/C11H13F2N3O3/c1-14-7-3-4-9(16(18)19)8(5-7)11(17)15(2)6-10(12)13/h3-5,10,14H,6H2,1-2H3. The van der Waals surface area contributed by atoms with E-state index in [9.17, 15) is 23.7 Å². The number of carbonyl (C=O) groups excluding carboxylic acids is 1. The number of nitro benzene ring substituents is 1. The highest BCUT2D eigenvalue weighted by molar-refractivity contribution is 5.99. The van der Waals surface area contributed by atoms with Crippen molar-refractivity contribution in [3.8, 4) is 0 Å². The zero-order chi connectivity index (χ0) is 14.6. The van der Waals surface area contributed by atoms with Crippen LogP contribution in [0, 0.1) is 10.1 Å². The highest BCUT2D eigenvalue weighted by atomic mass is 19.3. The number of benzene rings is 1. The van der Waals surface area contributed by atoms with Gasteiger partial charge in [-0.2, -0.15) is 0 Å². The summed E-state index contributed by atoms with van der Waals surface area (Å²) in [4.78, 5) is 22.8. The number of alkyl halides is 2. The fraction of sp³-hybridized carbons (Fsp3) is 0.364. The highest BCUT2D eigenvalue weighted by Crippen LogP contribution is 2.23. The van der Waals surface area contributed by atoms with Crippen LogP contribution in [0.1, 0.15) is 10.4 Å². The molecule has 0 fully saturated rings. The van der Waals surface area contributed by atoms with Crippen LogP contribution in [0.2, 0.25) is 0 Å². The molecule has 1 rings (SSSR count). The lowest BCUT2D eigenvalue weighted by molar-refractivity contribution is -0.385. The Morgan fingerprint density at radius 2 is 2.16 bits per heavy atom. The maximum absolute atomic E-state index is 12.2. The van der Waals surface area contributed by atoms with E-state index in [1.165, 1.54) is 19.2 Å². The molecule has 1 aromatic carbocycles. The quantitative estimate of drug-likeness (QED) is 0.657. The smallest absolute Gasteiger partial charge is 0.282 e. The molecule has 0 saturated heterocycles. The van der Waals surface area contributed by atoms with Crippen molar-refractivity contribution in [2.75, 3.05) is 26.0 Å². The average Bonchev–Trinajstić information content (AvgIpc) is 2.36. The molecule has 0 unspecified atom stereocenters. The van der Waals surface area contributed by atoms with Gasteiger partial charge < -0.3 is 10.2 Å². The molecular weight excluding hydrogens is 260 g/mol. The number of hydrogen-bond acceptors (Lipinski definition) is 4. The number of nitrogens with zero attached hydrogens (tertiary/aromatic N) is 2. The first kappa shape index (κ1) is 14.8. The van der Waals surface area contributed by atoms with Gasteiger partial charge in [0.1, 0.15) is 5.56 Å². The van der Waals surface area contributed by atoms with E-state index in [2.05, 4.69) is 5.32 Å². The van der Waals surface area contributed by atoms with Crippen molar-refractivity contribution in [1.29, 1.82) is 0 Å². The van der Waals surface area contributed by atoms with Gasteiger partial charge in [0.25, 0.3) is 18.0 Å². The number of nitro groups is 1. The maximum atomic E-state index is 12.2. The molecule has 0 atom stereocenters. The second-order valence-electron chi connectivity index (χ2n) is 3.82. The first-order valence-electron chi connectivity index (χ1n) is 5.36. The van der Waals surface area contributed by atoms with Crippen molar-refractivity contribution in [1.82, 2.24) is 4.90 Å². The largest absolute Gasteiger partial charge is 0.388 e. The van der Waals surface area contributed by atoms with Gasteiger partial charge in [-0.3, -0.25) is 14.9 Å². The SMILES string of the molecule is CNc1ccc([N+](=O)[O-])c(C(=O)N(C)CC(F)F)c1. The summed E-state index contributed by atoms with van der Waals surface area (Å²) in [6, 6.07) is 3.86. The zero-order valence-corrected chi connectivity index (χ0v) is 10.4. The first-order chi connectivity index (χ1) is 8.86. The van der Waals surface area contributed by atoms with E-state index in [4.69, 9.17) is 0 Å². The molecule has 0 aliphatic carbocycles. The Labute approximate surface area is 108 Å². The number of rotatable bonds is 5. The van der Waals surface area contributed by atoms with Crippen LogP contribution in [0.25, 0.3) is 0 Å². The van der Waals surface area contributed by atoms with Crippen LogP contribution in [-0.2, 0) is 0 Å². The van der Waals surface area contributed by atoms with Crippen molar-refractivity contribution in [3.05, 3.63) is 33.9 Å². The predicted octanol–water partition coefficient (Wildman–Crippen LogP) is 1.97. The topological polar surface area (TPSA) is 75.5 Å². The molecule has 0 heterocycles. The van der Waals surface area contributed by atoms with Crippen LogP contribution in [-0.4, -0.2) is 42.8 Å². The van der Waals surface area contributed by atoms with Crippen LogP contribution >= 0.6 is 0 Å². The van der Waals surface area contributed by atoms with Crippen LogP contribution in [0.15, 0.2) is 18.2 Å². The van der Waals surface area contributed by atoms with E-state index in [1.54, 1.807) is 7.05 Å². The third-order valence-electron chi connectivity index (χ3n) is 2.47. The van der Waals surface area contributed by atoms with Gasteiger partial charge in [-0.1, -0.05) is 0 Å². The molecule has 0 bridgehead atoms. The van der Waals surface area contributed by atoms with Gasteiger partial charge in [-0.25, -0.2) is 8.78 Å². The lowest BCUT2D eigenvalue weighted by atomic mass is 10.1. The summed E-state index contributed by atoms with van der Waals surface area (Å²) in [5.41, 5.74) is -0.149. The summed E-state index contributed by atoms with van der Waals surface area (Å²) < 4.78 is 24.5. The molecule has 1 aromatic rings. The minimum atomic E-state index is -2.69. The Balaban J connectivity index is 3.15. The molecular formula is C11H13F2N3O3. The zero-order valence-electron chi connectivity index (χ0n) is 10.4. The van der Waals surface area contributed by atoms with Crippen molar-refractivity contribution in [2.45, 2.75) is 6.43 Å². The van der Waals surface area contributed by atoms with Gasteiger partial charge in [0.15, 0.2) is 0 Å². The van der Waals surface area contributed by atoms with Gasteiger partial charge in [-0.05, 0) is 12.1 Å². The van der Waals surface area contributed by atoms with Gasteiger partial charge in [-0.15, -0.1) is 0 Å². The Morgan fingerprint density at radius 3 is 2.63 bits per heavy atom. The maximum Gasteiger partial charge on any atom is 0.282 e. The van der Waals surface area contributed by atoms with E-state index in [-0.39, 0.29) is 5.56 Å². The highest BCUT2D eigenvalue weighted by Gasteiger charge is 2.24. The average molecular weight is 273 g/mol. The molecule has 0 aliphatic heterocycles. The van der Waals surface area contributed by atoms with Gasteiger partial charge in [0, 0.05) is 25.8 Å². The fourth-order valence-corrected chi connectivity index (χ4v) is 1.52. The molecule has 0 aromatic heterocycles. The van der Waals surface area contributed by atoms with E-state index in [1.807, 2.05) is 0 Å². The normalized spacial score (nSPS) is 10.4. The lowest BCUT2D eigenvalue weighted by Crippen LogP contribution is -2.31. The molecule has 8 heteroatoms. The minimum Gasteiger partial charge on any atom is -0.388 e. The van der Waals surface area contributed by atoms with Crippen LogP contribution in [0.3, 0.4) is 0 Å². The Kier molecular flexibility index (Phi) is 4.74. The molecule has 1 amide bonds. The van der Waals surface area contributed by atoms with E-state index < -0.39 is 29.5 Å². The lowest BCUT2D eigenvalue weighted by Gasteiger charge is -2.16. The molecule has 0 aliphatic rings. The van der Waals surface area contributed by atoms with E-state index in [0.29, 0.717) is 5.69 Å². The number of halogens is 2. The monoisotopic (exact) mass is 273 g/mol. The van der Waals surface area contributed by atoms with Crippen LogP contribution in [0.5, 0.6) is 0 Å². The summed E-state index contributed by atoms with van der Waals surface area (Å²) in [5, 5.41) is 13.6. The van der Waals surface area contributed by atoms with Crippen LogP contribution < -0.4 is 5.32 Å². The van der Waals surface area contributed by atoms with Gasteiger partial charge >= 0.3 is 0 Å². The summed E-state index contributed by atoms with van der Waals surface area (Å²) in [6.45, 7) is -0.778. The molecule has 6 nitrogen and oxygen atoms in total. The van der Waals surface area contributed by atoms with Crippen molar-refractivity contribution in [2.24, 2.45) is 0 Å². The Bertz CT molecular complexity index is 494. The number of hydrogen-bond donors (Lipinski definition) is 1. The summed E-state index contributed by atoms with van der Waals surface area (Å²) in [6.07, 6.45) is -2.69. The molecule has 0 spiro atoms. The van der Waals surface area contributed by atoms with Gasteiger partial charge in [0.2, 0.25) is 0 Å². The molecule has 1 N–H and O–H groups in total. The molecule has 0 radical (unpaired) electrons. The molecule has 104 valence electrons. The third-order valence-corrected chi connectivity index (χ3v) is 2.47. The minimum absolute atomic E-state index is 0.222. The predicted molar refractivity (Wildman–Crippen MR) is 65.6 cm³/mol. The van der Waals surface area contributed by atoms with Crippen molar-refractivity contribution >= 4 is 17.3 Å². The molecule has 0 saturated carbocycles. The number of nitrogens with one attached hydrogen (secondary N) is 1. The summed E-state index contributed by atoms with van der Waals surface area (Å²) in [7, 11) is 2.75. The number of carbonyl (C=O) groups is 1. The number of anilines is 1. The summed E-state index contributed by atoms with van der Waals surface area (Å²) in [5.74, 6) is -0.816. The van der Waals surface area contributed by atoms with E-state index >= 15 is 0 Å². The van der Waals surface area contributed by atoms with Crippen LogP contribution in [0.4, 0.5) is 20.2 Å². The number of amides is 1. The summed E-state index contributed by atoms with van der Waals surface area (Å²) >= 11 is 0. The second kappa shape index (κ2) is 6.07. The first-order valence-corrected chi connectivity index (χ1v) is 5.36. The van der Waals surface area contributed by atoms with Gasteiger partial charge in [0.05, 0.1) is 11.5 Å². The Hall–Kier alpha value is -2.25. The fourth-order valence-electron chi connectivity index (χ4n) is 1.52. The third kappa shape index (κ3) is 3.60. The second-order valence-corrected chi connectivity index (χ2v) is 3.82. The Morgan fingerprint density at radius 1 is 1.53 bits per heavy atom. The van der Waals surface area contributed by atoms with Crippen molar-refractivity contribution in [3.63, 3.8) is 0 Å². The molecule has 19 heavy (non-hydrogen) atoms. The van der Waals surface area contributed by atoms with E-state index in [0.717, 1.165) is 11.0 Å². The van der Waals surface area contributed by atoms with Crippen molar-refractivity contribution < 1.29 is 18.5 Å².